The Morgan fingerprint density at radius 2 is 1.96 bits per heavy atom. The summed E-state index contributed by atoms with van der Waals surface area (Å²) in [5.41, 5.74) is 1.38. The molecule has 132 valence electrons. The van der Waals surface area contributed by atoms with E-state index in [1.165, 1.54) is 13.2 Å². The van der Waals surface area contributed by atoms with Crippen LogP contribution in [0.25, 0.3) is 6.08 Å². The third kappa shape index (κ3) is 5.91. The molecular formula is C19H19F2NO3. The fourth-order valence-electron chi connectivity index (χ4n) is 2.08. The number of amides is 1. The molecule has 2 rings (SSSR count). The van der Waals surface area contributed by atoms with Crippen LogP contribution in [0.2, 0.25) is 0 Å². The van der Waals surface area contributed by atoms with Gasteiger partial charge in [0.2, 0.25) is 5.82 Å². The zero-order valence-corrected chi connectivity index (χ0v) is 13.8. The van der Waals surface area contributed by atoms with Crippen LogP contribution in [0.5, 0.6) is 5.75 Å². The lowest BCUT2D eigenvalue weighted by atomic mass is 10.1. The van der Waals surface area contributed by atoms with Gasteiger partial charge < -0.3 is 14.8 Å². The monoisotopic (exact) mass is 347 g/mol. The van der Waals surface area contributed by atoms with Gasteiger partial charge in [-0.25, -0.2) is 9.18 Å². The Hall–Kier alpha value is -2.89. The average Bonchev–Trinajstić information content (AvgIpc) is 2.63. The van der Waals surface area contributed by atoms with Crippen molar-refractivity contribution in [2.75, 3.05) is 13.7 Å². The molecule has 1 N–H and O–H groups in total. The van der Waals surface area contributed by atoms with E-state index in [-0.39, 0.29) is 12.4 Å². The fraction of sp³-hybridized carbons (Fsp3) is 0.211. The molecule has 0 bridgehead atoms. The quantitative estimate of drug-likeness (QED) is 0.760. The maximum Gasteiger partial charge on any atom is 0.407 e. The number of ether oxygens (including phenoxy) is 2. The summed E-state index contributed by atoms with van der Waals surface area (Å²) < 4.78 is 36.5. The molecule has 2 aromatic rings. The van der Waals surface area contributed by atoms with Crippen molar-refractivity contribution in [1.82, 2.24) is 5.32 Å². The van der Waals surface area contributed by atoms with Crippen LogP contribution < -0.4 is 10.1 Å². The maximum absolute atomic E-state index is 13.4. The molecule has 0 radical (unpaired) electrons. The molecule has 0 heterocycles. The highest BCUT2D eigenvalue weighted by Gasteiger charge is 2.09. The molecular weight excluding hydrogens is 328 g/mol. The van der Waals surface area contributed by atoms with Gasteiger partial charge in [-0.1, -0.05) is 42.5 Å². The smallest absolute Gasteiger partial charge is 0.407 e. The van der Waals surface area contributed by atoms with Crippen LogP contribution in [0.3, 0.4) is 0 Å². The fourth-order valence-corrected chi connectivity index (χ4v) is 2.08. The van der Waals surface area contributed by atoms with Gasteiger partial charge in [0.05, 0.1) is 7.11 Å². The number of rotatable bonds is 7. The number of benzene rings is 2. The number of hydrogen-bond donors (Lipinski definition) is 1. The van der Waals surface area contributed by atoms with E-state index in [1.54, 1.807) is 12.2 Å². The summed E-state index contributed by atoms with van der Waals surface area (Å²) in [5.74, 6) is -2.13. The average molecular weight is 347 g/mol. The minimum absolute atomic E-state index is 0.151. The Kier molecular flexibility index (Phi) is 6.95. The zero-order valence-electron chi connectivity index (χ0n) is 13.8. The summed E-state index contributed by atoms with van der Waals surface area (Å²) in [5, 5.41) is 2.61. The van der Waals surface area contributed by atoms with Crippen molar-refractivity contribution in [3.8, 4) is 5.75 Å². The molecule has 6 heteroatoms. The van der Waals surface area contributed by atoms with E-state index in [4.69, 9.17) is 9.47 Å². The first-order valence-corrected chi connectivity index (χ1v) is 7.74. The van der Waals surface area contributed by atoms with Crippen molar-refractivity contribution in [3.63, 3.8) is 0 Å². The van der Waals surface area contributed by atoms with Crippen molar-refractivity contribution in [1.29, 1.82) is 0 Å². The lowest BCUT2D eigenvalue weighted by Crippen LogP contribution is -2.24. The van der Waals surface area contributed by atoms with Crippen LogP contribution in [-0.2, 0) is 11.3 Å². The van der Waals surface area contributed by atoms with Gasteiger partial charge in [-0.15, -0.1) is 0 Å². The number of hydrogen-bond acceptors (Lipinski definition) is 3. The topological polar surface area (TPSA) is 47.6 Å². The second kappa shape index (κ2) is 9.42. The lowest BCUT2D eigenvalue weighted by molar-refractivity contribution is 0.140. The number of methoxy groups -OCH3 is 1. The van der Waals surface area contributed by atoms with Crippen molar-refractivity contribution in [2.24, 2.45) is 0 Å². The van der Waals surface area contributed by atoms with Gasteiger partial charge in [0.25, 0.3) is 0 Å². The van der Waals surface area contributed by atoms with E-state index < -0.39 is 17.7 Å². The van der Waals surface area contributed by atoms with E-state index in [2.05, 4.69) is 5.32 Å². The number of carbonyl (C=O) groups excluding carboxylic acids is 1. The summed E-state index contributed by atoms with van der Waals surface area (Å²) in [6.07, 6.45) is 3.37. The standard InChI is InChI=1S/C19H19F2NO3/c1-24-17-12-15(11-16(20)18(17)21)9-5-6-10-22-19(23)25-13-14-7-3-2-4-8-14/h2-5,7-9,11-12H,6,10,13H2,1H3,(H,22,23). The van der Waals surface area contributed by atoms with Crippen molar-refractivity contribution >= 4 is 12.2 Å². The van der Waals surface area contributed by atoms with Crippen LogP contribution in [0.15, 0.2) is 48.5 Å². The first kappa shape index (κ1) is 18.4. The number of nitrogens with one attached hydrogen (secondary N) is 1. The Balaban J connectivity index is 1.72. The molecule has 2 aromatic carbocycles. The van der Waals surface area contributed by atoms with Gasteiger partial charge >= 0.3 is 6.09 Å². The van der Waals surface area contributed by atoms with E-state index >= 15 is 0 Å². The van der Waals surface area contributed by atoms with Crippen molar-refractivity contribution in [3.05, 3.63) is 71.3 Å². The first-order valence-electron chi connectivity index (χ1n) is 7.74. The first-order chi connectivity index (χ1) is 12.1. The van der Waals surface area contributed by atoms with Crippen LogP contribution in [0.4, 0.5) is 13.6 Å². The molecule has 0 saturated carbocycles. The van der Waals surface area contributed by atoms with Crippen LogP contribution in [0.1, 0.15) is 17.5 Å². The Bertz CT molecular complexity index is 733. The van der Waals surface area contributed by atoms with Gasteiger partial charge in [0.1, 0.15) is 6.61 Å². The molecule has 0 spiro atoms. The van der Waals surface area contributed by atoms with Crippen LogP contribution in [0, 0.1) is 11.6 Å². The molecule has 0 unspecified atom stereocenters. The highest BCUT2D eigenvalue weighted by Crippen LogP contribution is 2.22. The molecule has 0 fully saturated rings. The second-order valence-corrected chi connectivity index (χ2v) is 5.20. The predicted molar refractivity (Wildman–Crippen MR) is 91.2 cm³/mol. The molecule has 0 aliphatic rings. The number of halogens is 2. The zero-order chi connectivity index (χ0) is 18.1. The summed E-state index contributed by atoms with van der Waals surface area (Å²) in [6.45, 7) is 0.572. The molecule has 0 aromatic heterocycles. The van der Waals surface area contributed by atoms with E-state index in [1.807, 2.05) is 30.3 Å². The minimum Gasteiger partial charge on any atom is -0.494 e. The molecule has 1 amide bonds. The number of alkyl carbamates (subject to hydrolysis) is 1. The molecule has 0 atom stereocenters. The predicted octanol–water partition coefficient (Wildman–Crippen LogP) is 4.30. The van der Waals surface area contributed by atoms with Crippen molar-refractivity contribution < 1.29 is 23.0 Å². The van der Waals surface area contributed by atoms with Crippen LogP contribution >= 0.6 is 0 Å². The molecule has 0 aliphatic carbocycles. The third-order valence-electron chi connectivity index (χ3n) is 3.34. The summed E-state index contributed by atoms with van der Waals surface area (Å²) >= 11 is 0. The SMILES string of the molecule is COc1cc(C=CCCNC(=O)OCc2ccccc2)cc(F)c1F. The summed E-state index contributed by atoms with van der Waals surface area (Å²) in [6, 6.07) is 11.8. The van der Waals surface area contributed by atoms with Gasteiger partial charge in [-0.2, -0.15) is 4.39 Å². The lowest BCUT2D eigenvalue weighted by Gasteiger charge is -2.06. The normalized spacial score (nSPS) is 10.7. The minimum atomic E-state index is -1.01. The van der Waals surface area contributed by atoms with E-state index in [0.29, 0.717) is 18.5 Å². The van der Waals surface area contributed by atoms with Crippen molar-refractivity contribution in [2.45, 2.75) is 13.0 Å². The second-order valence-electron chi connectivity index (χ2n) is 5.20. The van der Waals surface area contributed by atoms with E-state index in [0.717, 1.165) is 11.6 Å². The van der Waals surface area contributed by atoms with Gasteiger partial charge in [0.15, 0.2) is 11.6 Å². The number of carbonyl (C=O) groups is 1. The molecule has 4 nitrogen and oxygen atoms in total. The summed E-state index contributed by atoms with van der Waals surface area (Å²) in [7, 11) is 1.27. The Morgan fingerprint density at radius 1 is 1.20 bits per heavy atom. The highest BCUT2D eigenvalue weighted by atomic mass is 19.2. The van der Waals surface area contributed by atoms with Crippen LogP contribution in [-0.4, -0.2) is 19.7 Å². The molecule has 0 saturated heterocycles. The maximum atomic E-state index is 13.4. The highest BCUT2D eigenvalue weighted by molar-refractivity contribution is 5.67. The third-order valence-corrected chi connectivity index (χ3v) is 3.34. The van der Waals surface area contributed by atoms with Gasteiger partial charge in [0, 0.05) is 6.54 Å². The Labute approximate surface area is 145 Å². The Morgan fingerprint density at radius 3 is 2.68 bits per heavy atom. The summed E-state index contributed by atoms with van der Waals surface area (Å²) in [4.78, 5) is 11.5. The van der Waals surface area contributed by atoms with E-state index in [9.17, 15) is 13.6 Å². The van der Waals surface area contributed by atoms with Gasteiger partial charge in [-0.3, -0.25) is 0 Å². The molecule has 0 aliphatic heterocycles. The largest absolute Gasteiger partial charge is 0.494 e. The molecule has 25 heavy (non-hydrogen) atoms. The van der Waals surface area contributed by atoms with Gasteiger partial charge in [-0.05, 0) is 29.7 Å².